The SMILES string of the molecule is CCN(CC)CC.CCOP(=O)(OCC)OCC.O=C(O)c1ccccc1C(=O)O. The molecule has 0 fully saturated rings. The number of phosphoric ester groups is 1. The Balaban J connectivity index is 0. The third kappa shape index (κ3) is 13.5. The Morgan fingerprint density at radius 3 is 1.23 bits per heavy atom. The second-order valence-electron chi connectivity index (χ2n) is 5.48. The Labute approximate surface area is 179 Å². The van der Waals surface area contributed by atoms with Gasteiger partial charge in [0.25, 0.3) is 0 Å². The van der Waals surface area contributed by atoms with E-state index < -0.39 is 19.8 Å². The van der Waals surface area contributed by atoms with Crippen LogP contribution in [0.5, 0.6) is 0 Å². The van der Waals surface area contributed by atoms with E-state index in [0.29, 0.717) is 19.8 Å². The molecule has 0 saturated carbocycles. The number of phosphoric acid groups is 1. The van der Waals surface area contributed by atoms with Gasteiger partial charge in [-0.1, -0.05) is 32.9 Å². The number of hydrogen-bond acceptors (Lipinski definition) is 7. The zero-order valence-electron chi connectivity index (χ0n) is 18.8. The van der Waals surface area contributed by atoms with Gasteiger partial charge >= 0.3 is 19.8 Å². The molecule has 0 aliphatic carbocycles. The molecule has 0 heterocycles. The van der Waals surface area contributed by atoms with Crippen LogP contribution in [0.15, 0.2) is 24.3 Å². The van der Waals surface area contributed by atoms with Crippen LogP contribution in [0.25, 0.3) is 0 Å². The van der Waals surface area contributed by atoms with Gasteiger partial charge in [0, 0.05) is 0 Å². The van der Waals surface area contributed by atoms with Crippen LogP contribution < -0.4 is 0 Å². The summed E-state index contributed by atoms with van der Waals surface area (Å²) in [6, 6.07) is 5.48. The molecule has 9 nitrogen and oxygen atoms in total. The van der Waals surface area contributed by atoms with Crippen molar-refractivity contribution in [3.8, 4) is 0 Å². The average molecular weight is 449 g/mol. The molecular weight excluding hydrogens is 413 g/mol. The van der Waals surface area contributed by atoms with Crippen molar-refractivity contribution < 1.29 is 37.9 Å². The van der Waals surface area contributed by atoms with Gasteiger partial charge in [0.15, 0.2) is 0 Å². The van der Waals surface area contributed by atoms with Crippen LogP contribution >= 0.6 is 7.82 Å². The quantitative estimate of drug-likeness (QED) is 0.465. The molecular formula is C20H36NO8P. The van der Waals surface area contributed by atoms with Gasteiger partial charge in [-0.15, -0.1) is 0 Å². The first kappa shape index (κ1) is 30.4. The lowest BCUT2D eigenvalue weighted by Gasteiger charge is -2.14. The Bertz CT molecular complexity index is 587. The van der Waals surface area contributed by atoms with Gasteiger partial charge in [0.2, 0.25) is 0 Å². The minimum absolute atomic E-state index is 0.190. The van der Waals surface area contributed by atoms with Gasteiger partial charge in [-0.25, -0.2) is 14.2 Å². The molecule has 0 radical (unpaired) electrons. The Hall–Kier alpha value is -1.77. The highest BCUT2D eigenvalue weighted by Gasteiger charge is 2.23. The second-order valence-corrected chi connectivity index (χ2v) is 7.14. The molecule has 0 unspecified atom stereocenters. The van der Waals surface area contributed by atoms with E-state index in [4.69, 9.17) is 23.8 Å². The highest BCUT2D eigenvalue weighted by molar-refractivity contribution is 7.48. The van der Waals surface area contributed by atoms with Crippen LogP contribution in [0.3, 0.4) is 0 Å². The molecule has 0 atom stereocenters. The lowest BCUT2D eigenvalue weighted by Crippen LogP contribution is -2.21. The van der Waals surface area contributed by atoms with E-state index in [0.717, 1.165) is 0 Å². The predicted octanol–water partition coefficient (Wildman–Crippen LogP) is 4.64. The molecule has 0 aliphatic heterocycles. The molecule has 1 aromatic rings. The third-order valence-corrected chi connectivity index (χ3v) is 5.31. The molecule has 2 N–H and O–H groups in total. The second kappa shape index (κ2) is 18.0. The Morgan fingerprint density at radius 2 is 1.07 bits per heavy atom. The lowest BCUT2D eigenvalue weighted by atomic mass is 10.1. The summed E-state index contributed by atoms with van der Waals surface area (Å²) in [5, 5.41) is 17.1. The maximum atomic E-state index is 11.3. The summed E-state index contributed by atoms with van der Waals surface area (Å²) in [5.74, 6) is -2.46. The van der Waals surface area contributed by atoms with Crippen molar-refractivity contribution in [3.05, 3.63) is 35.4 Å². The van der Waals surface area contributed by atoms with Crippen LogP contribution in [0.2, 0.25) is 0 Å². The van der Waals surface area contributed by atoms with Crippen molar-refractivity contribution in [2.75, 3.05) is 39.5 Å². The molecule has 0 saturated heterocycles. The van der Waals surface area contributed by atoms with E-state index in [9.17, 15) is 14.2 Å². The molecule has 1 aromatic carbocycles. The van der Waals surface area contributed by atoms with E-state index >= 15 is 0 Å². The molecule has 174 valence electrons. The monoisotopic (exact) mass is 449 g/mol. The molecule has 0 aliphatic rings. The summed E-state index contributed by atoms with van der Waals surface area (Å²) in [6.07, 6.45) is 0. The standard InChI is InChI=1S/C8H6O4.C6H15N.C6H15O4P/c9-7(10)5-3-1-2-4-6(5)8(11)12;1-4-7(5-2)6-3;1-4-8-11(7,9-5-2)10-6-3/h1-4H,(H,9,10)(H,11,12);4-6H2,1-3H3;4-6H2,1-3H3. The predicted molar refractivity (Wildman–Crippen MR) is 116 cm³/mol. The van der Waals surface area contributed by atoms with Gasteiger partial charge in [0.05, 0.1) is 30.9 Å². The largest absolute Gasteiger partial charge is 0.478 e. The van der Waals surface area contributed by atoms with Crippen molar-refractivity contribution in [1.29, 1.82) is 0 Å². The van der Waals surface area contributed by atoms with Crippen molar-refractivity contribution in [1.82, 2.24) is 4.90 Å². The van der Waals surface area contributed by atoms with Crippen molar-refractivity contribution in [2.24, 2.45) is 0 Å². The number of rotatable bonds is 11. The maximum absolute atomic E-state index is 11.3. The first-order valence-electron chi connectivity index (χ1n) is 9.97. The average Bonchev–Trinajstić information content (AvgIpc) is 2.70. The summed E-state index contributed by atoms with van der Waals surface area (Å²) in [4.78, 5) is 23.3. The van der Waals surface area contributed by atoms with Crippen molar-refractivity contribution in [3.63, 3.8) is 0 Å². The molecule has 0 amide bonds. The Morgan fingerprint density at radius 1 is 0.767 bits per heavy atom. The van der Waals surface area contributed by atoms with Gasteiger partial charge in [-0.3, -0.25) is 13.6 Å². The molecule has 1 rings (SSSR count). The fourth-order valence-corrected chi connectivity index (χ4v) is 3.29. The molecule has 10 heteroatoms. The highest BCUT2D eigenvalue weighted by Crippen LogP contribution is 2.48. The normalized spacial score (nSPS) is 10.5. The minimum atomic E-state index is -3.22. The number of carbonyl (C=O) groups is 2. The van der Waals surface area contributed by atoms with Gasteiger partial charge < -0.3 is 15.1 Å². The van der Waals surface area contributed by atoms with Crippen LogP contribution in [-0.2, 0) is 18.1 Å². The topological polar surface area (TPSA) is 123 Å². The zero-order chi connectivity index (χ0) is 23.6. The fourth-order valence-electron chi connectivity index (χ4n) is 2.11. The molecule has 0 bridgehead atoms. The van der Waals surface area contributed by atoms with Crippen LogP contribution in [-0.4, -0.2) is 66.5 Å². The van der Waals surface area contributed by atoms with E-state index in [1.807, 2.05) is 0 Å². The van der Waals surface area contributed by atoms with Gasteiger partial charge in [-0.2, -0.15) is 0 Å². The number of nitrogens with zero attached hydrogens (tertiary/aromatic N) is 1. The maximum Gasteiger partial charge on any atom is 0.474 e. The summed E-state index contributed by atoms with van der Waals surface area (Å²) in [7, 11) is -3.22. The summed E-state index contributed by atoms with van der Waals surface area (Å²) >= 11 is 0. The van der Waals surface area contributed by atoms with Gasteiger partial charge in [-0.05, 0) is 52.5 Å². The number of carboxylic acids is 2. The van der Waals surface area contributed by atoms with E-state index in [2.05, 4.69) is 25.7 Å². The van der Waals surface area contributed by atoms with Crippen LogP contribution in [0.1, 0.15) is 62.3 Å². The third-order valence-electron chi connectivity index (χ3n) is 3.59. The van der Waals surface area contributed by atoms with Gasteiger partial charge in [0.1, 0.15) is 0 Å². The number of carboxylic acid groups (broad SMARTS) is 2. The number of benzene rings is 1. The highest BCUT2D eigenvalue weighted by atomic mass is 31.2. The molecule has 30 heavy (non-hydrogen) atoms. The lowest BCUT2D eigenvalue weighted by molar-refractivity contribution is 0.0651. The smallest absolute Gasteiger partial charge is 0.474 e. The molecule has 0 spiro atoms. The number of hydrogen-bond donors (Lipinski definition) is 2. The van der Waals surface area contributed by atoms with E-state index in [1.54, 1.807) is 20.8 Å². The molecule has 0 aromatic heterocycles. The van der Waals surface area contributed by atoms with Crippen LogP contribution in [0, 0.1) is 0 Å². The first-order valence-corrected chi connectivity index (χ1v) is 11.4. The fraction of sp³-hybridized carbons (Fsp3) is 0.600. The summed E-state index contributed by atoms with van der Waals surface area (Å²) < 4.78 is 25.8. The minimum Gasteiger partial charge on any atom is -0.478 e. The Kier molecular flexibility index (Phi) is 18.3. The van der Waals surface area contributed by atoms with Crippen molar-refractivity contribution >= 4 is 19.8 Å². The van der Waals surface area contributed by atoms with E-state index in [-0.39, 0.29) is 11.1 Å². The number of aromatic carboxylic acids is 2. The summed E-state index contributed by atoms with van der Waals surface area (Å²) in [6.45, 7) is 16.3. The zero-order valence-corrected chi connectivity index (χ0v) is 19.7. The van der Waals surface area contributed by atoms with Crippen molar-refractivity contribution in [2.45, 2.75) is 41.5 Å². The first-order chi connectivity index (χ1) is 14.2. The van der Waals surface area contributed by atoms with Crippen LogP contribution in [0.4, 0.5) is 0 Å². The summed E-state index contributed by atoms with van der Waals surface area (Å²) in [5.41, 5.74) is -0.380. The van der Waals surface area contributed by atoms with E-state index in [1.165, 1.54) is 43.9 Å².